The first-order chi connectivity index (χ1) is 14.2. The number of hydrogen-bond donors (Lipinski definition) is 1. The number of benzene rings is 1. The molecule has 0 saturated heterocycles. The lowest BCUT2D eigenvalue weighted by Crippen LogP contribution is -2.29. The van der Waals surface area contributed by atoms with Crippen LogP contribution in [0.25, 0.3) is 0 Å². The first-order valence-electron chi connectivity index (χ1n) is 9.63. The fraction of sp³-hybridized carbons (Fsp3) is 0.261. The highest BCUT2D eigenvalue weighted by atomic mass is 16.5. The van der Waals surface area contributed by atoms with E-state index >= 15 is 0 Å². The summed E-state index contributed by atoms with van der Waals surface area (Å²) in [4.78, 5) is 22.7. The Hall–Kier alpha value is -3.41. The second kappa shape index (κ2) is 10.2. The molecule has 0 spiro atoms. The fourth-order valence-electron chi connectivity index (χ4n) is 2.96. The number of pyridine rings is 2. The zero-order valence-corrected chi connectivity index (χ0v) is 16.8. The number of anilines is 1. The summed E-state index contributed by atoms with van der Waals surface area (Å²) in [6.07, 6.45) is 6.81. The molecule has 1 amide bonds. The Bertz CT molecular complexity index is 914. The Kier molecular flexibility index (Phi) is 7.16. The SMILES string of the molecule is COc1cccc(CCNc2ccc(C(=O)N(C)CCc3ccncc3)cn2)c1. The first kappa shape index (κ1) is 20.3. The van der Waals surface area contributed by atoms with Gasteiger partial charge in [0, 0.05) is 38.7 Å². The summed E-state index contributed by atoms with van der Waals surface area (Å²) in [7, 11) is 3.48. The van der Waals surface area contributed by atoms with Gasteiger partial charge in [0.05, 0.1) is 12.7 Å². The molecular weight excluding hydrogens is 364 g/mol. The summed E-state index contributed by atoms with van der Waals surface area (Å²) in [5.74, 6) is 1.58. The van der Waals surface area contributed by atoms with Crippen molar-refractivity contribution < 1.29 is 9.53 Å². The number of methoxy groups -OCH3 is 1. The predicted molar refractivity (Wildman–Crippen MR) is 114 cm³/mol. The van der Waals surface area contributed by atoms with Gasteiger partial charge < -0.3 is 15.0 Å². The Morgan fingerprint density at radius 3 is 2.62 bits per heavy atom. The third kappa shape index (κ3) is 6.04. The molecule has 0 aliphatic rings. The van der Waals surface area contributed by atoms with Crippen LogP contribution in [0.2, 0.25) is 0 Å². The van der Waals surface area contributed by atoms with Crippen LogP contribution in [0.4, 0.5) is 5.82 Å². The number of ether oxygens (including phenoxy) is 1. The van der Waals surface area contributed by atoms with E-state index < -0.39 is 0 Å². The largest absolute Gasteiger partial charge is 0.497 e. The second-order valence-corrected chi connectivity index (χ2v) is 6.79. The van der Waals surface area contributed by atoms with Crippen LogP contribution in [0.1, 0.15) is 21.5 Å². The molecule has 29 heavy (non-hydrogen) atoms. The molecule has 6 nitrogen and oxygen atoms in total. The molecule has 1 N–H and O–H groups in total. The van der Waals surface area contributed by atoms with Crippen LogP contribution in [0.3, 0.4) is 0 Å². The number of rotatable bonds is 9. The van der Waals surface area contributed by atoms with E-state index in [0.29, 0.717) is 12.1 Å². The average Bonchev–Trinajstić information content (AvgIpc) is 2.78. The van der Waals surface area contributed by atoms with E-state index in [4.69, 9.17) is 4.74 Å². The minimum atomic E-state index is -0.0329. The van der Waals surface area contributed by atoms with E-state index in [1.165, 1.54) is 5.56 Å². The summed E-state index contributed by atoms with van der Waals surface area (Å²) in [5.41, 5.74) is 2.94. The summed E-state index contributed by atoms with van der Waals surface area (Å²) < 4.78 is 5.25. The number of nitrogens with one attached hydrogen (secondary N) is 1. The van der Waals surface area contributed by atoms with Crippen LogP contribution >= 0.6 is 0 Å². The van der Waals surface area contributed by atoms with Crippen molar-refractivity contribution in [3.8, 4) is 5.75 Å². The molecule has 0 fully saturated rings. The van der Waals surface area contributed by atoms with Crippen molar-refractivity contribution in [1.29, 1.82) is 0 Å². The Labute approximate surface area is 171 Å². The number of amides is 1. The van der Waals surface area contributed by atoms with Crippen molar-refractivity contribution in [3.63, 3.8) is 0 Å². The van der Waals surface area contributed by atoms with Crippen molar-refractivity contribution in [2.75, 3.05) is 32.6 Å². The highest BCUT2D eigenvalue weighted by Crippen LogP contribution is 2.13. The molecule has 0 aliphatic carbocycles. The number of likely N-dealkylation sites (N-methyl/N-ethyl adjacent to an activating group) is 1. The quantitative estimate of drug-likeness (QED) is 0.606. The van der Waals surface area contributed by atoms with Crippen molar-refractivity contribution in [1.82, 2.24) is 14.9 Å². The third-order valence-corrected chi connectivity index (χ3v) is 4.70. The maximum Gasteiger partial charge on any atom is 0.255 e. The van der Waals surface area contributed by atoms with Gasteiger partial charge in [-0.25, -0.2) is 4.98 Å². The van der Waals surface area contributed by atoms with Crippen molar-refractivity contribution in [3.05, 3.63) is 83.8 Å². The maximum absolute atomic E-state index is 12.6. The number of aromatic nitrogens is 2. The van der Waals surface area contributed by atoms with Gasteiger partial charge in [-0.15, -0.1) is 0 Å². The van der Waals surface area contributed by atoms with E-state index in [0.717, 1.165) is 36.5 Å². The van der Waals surface area contributed by atoms with Gasteiger partial charge >= 0.3 is 0 Å². The van der Waals surface area contributed by atoms with Crippen LogP contribution in [0.15, 0.2) is 67.1 Å². The molecule has 1 aromatic carbocycles. The lowest BCUT2D eigenvalue weighted by molar-refractivity contribution is 0.0796. The standard InChI is InChI=1S/C23H26N4O2/c1-27(15-11-18-8-12-24-13-9-18)23(28)20-6-7-22(26-17-20)25-14-10-19-4-3-5-21(16-19)29-2/h3-9,12-13,16-17H,10-11,14-15H2,1-2H3,(H,25,26). The molecule has 2 aromatic heterocycles. The van der Waals surface area contributed by atoms with Crippen molar-refractivity contribution in [2.24, 2.45) is 0 Å². The van der Waals surface area contributed by atoms with Gasteiger partial charge in [-0.3, -0.25) is 9.78 Å². The van der Waals surface area contributed by atoms with Crippen molar-refractivity contribution >= 4 is 11.7 Å². The molecular formula is C23H26N4O2. The van der Waals surface area contributed by atoms with Crippen molar-refractivity contribution in [2.45, 2.75) is 12.8 Å². The van der Waals surface area contributed by atoms with Gasteiger partial charge in [-0.2, -0.15) is 0 Å². The minimum Gasteiger partial charge on any atom is -0.497 e. The molecule has 0 bridgehead atoms. The van der Waals surface area contributed by atoms with Gasteiger partial charge in [0.25, 0.3) is 5.91 Å². The normalized spacial score (nSPS) is 10.4. The Morgan fingerprint density at radius 2 is 1.90 bits per heavy atom. The first-order valence-corrected chi connectivity index (χ1v) is 9.63. The average molecular weight is 390 g/mol. The number of carbonyl (C=O) groups excluding carboxylic acids is 1. The monoisotopic (exact) mass is 390 g/mol. The zero-order chi connectivity index (χ0) is 20.5. The summed E-state index contributed by atoms with van der Waals surface area (Å²) in [5, 5.41) is 3.29. The highest BCUT2D eigenvalue weighted by Gasteiger charge is 2.12. The summed E-state index contributed by atoms with van der Waals surface area (Å²) >= 11 is 0. The topological polar surface area (TPSA) is 67.3 Å². The van der Waals surface area contributed by atoms with E-state index in [-0.39, 0.29) is 5.91 Å². The molecule has 3 rings (SSSR count). The molecule has 6 heteroatoms. The molecule has 0 saturated carbocycles. The molecule has 3 aromatic rings. The minimum absolute atomic E-state index is 0.0329. The van der Waals surface area contributed by atoms with Gasteiger partial charge in [0.2, 0.25) is 0 Å². The number of carbonyl (C=O) groups is 1. The van der Waals surface area contributed by atoms with Crippen LogP contribution < -0.4 is 10.1 Å². The van der Waals surface area contributed by atoms with Gasteiger partial charge in [0.15, 0.2) is 0 Å². The fourth-order valence-corrected chi connectivity index (χ4v) is 2.96. The predicted octanol–water partition coefficient (Wildman–Crippen LogP) is 3.45. The molecule has 0 atom stereocenters. The van der Waals surface area contributed by atoms with Crippen LogP contribution in [0.5, 0.6) is 5.75 Å². The van der Waals surface area contributed by atoms with E-state index in [1.807, 2.05) is 49.5 Å². The lowest BCUT2D eigenvalue weighted by atomic mass is 10.1. The van der Waals surface area contributed by atoms with E-state index in [2.05, 4.69) is 21.4 Å². The Balaban J connectivity index is 1.47. The van der Waals surface area contributed by atoms with Gasteiger partial charge in [-0.05, 0) is 60.4 Å². The smallest absolute Gasteiger partial charge is 0.255 e. The summed E-state index contributed by atoms with van der Waals surface area (Å²) in [6, 6.07) is 15.6. The summed E-state index contributed by atoms with van der Waals surface area (Å²) in [6.45, 7) is 1.39. The van der Waals surface area contributed by atoms with Gasteiger partial charge in [0.1, 0.15) is 11.6 Å². The van der Waals surface area contributed by atoms with Crippen LogP contribution in [0, 0.1) is 0 Å². The maximum atomic E-state index is 12.6. The Morgan fingerprint density at radius 1 is 1.07 bits per heavy atom. The van der Waals surface area contributed by atoms with Gasteiger partial charge in [-0.1, -0.05) is 12.1 Å². The molecule has 2 heterocycles. The molecule has 0 radical (unpaired) electrons. The van der Waals surface area contributed by atoms with Crippen LogP contribution in [-0.4, -0.2) is 48.0 Å². The van der Waals surface area contributed by atoms with E-state index in [9.17, 15) is 4.79 Å². The third-order valence-electron chi connectivity index (χ3n) is 4.70. The lowest BCUT2D eigenvalue weighted by Gasteiger charge is -2.17. The second-order valence-electron chi connectivity index (χ2n) is 6.79. The number of hydrogen-bond acceptors (Lipinski definition) is 5. The van der Waals surface area contributed by atoms with E-state index in [1.54, 1.807) is 30.6 Å². The van der Waals surface area contributed by atoms with Crippen LogP contribution in [-0.2, 0) is 12.8 Å². The molecule has 150 valence electrons. The molecule has 0 unspecified atom stereocenters. The highest BCUT2D eigenvalue weighted by molar-refractivity contribution is 5.93. The molecule has 0 aliphatic heterocycles. The zero-order valence-electron chi connectivity index (χ0n) is 16.8. The number of nitrogens with zero attached hydrogens (tertiary/aromatic N) is 3.